The summed E-state index contributed by atoms with van der Waals surface area (Å²) in [5, 5.41) is 0. The minimum absolute atomic E-state index is 0.0412. The molecule has 64 valence electrons. The van der Waals surface area contributed by atoms with Crippen molar-refractivity contribution in [3.05, 3.63) is 23.8 Å². The number of hydrogen-bond donors (Lipinski definition) is 1. The predicted molar refractivity (Wildman–Crippen MR) is 45.2 cm³/mol. The Morgan fingerprint density at radius 1 is 1.33 bits per heavy atom. The summed E-state index contributed by atoms with van der Waals surface area (Å²) in [5.41, 5.74) is 6.78. The van der Waals surface area contributed by atoms with Crippen LogP contribution in [-0.2, 0) is 0 Å². The molecular formula is C9H11NO2. The zero-order valence-corrected chi connectivity index (χ0v) is 6.91. The van der Waals surface area contributed by atoms with E-state index in [0.717, 1.165) is 17.1 Å². The molecule has 0 radical (unpaired) electrons. The van der Waals surface area contributed by atoms with Crippen LogP contribution in [0.3, 0.4) is 0 Å². The number of ether oxygens (including phenoxy) is 2. The lowest BCUT2D eigenvalue weighted by atomic mass is 10.1. The third kappa shape index (κ3) is 1.12. The van der Waals surface area contributed by atoms with Crippen LogP contribution >= 0.6 is 0 Å². The molecule has 1 heterocycles. The first-order chi connectivity index (χ1) is 5.77. The number of nitrogens with two attached hydrogens (primary N) is 1. The van der Waals surface area contributed by atoms with E-state index in [0.29, 0.717) is 6.79 Å². The normalized spacial score (nSPS) is 16.2. The molecule has 0 bridgehead atoms. The summed E-state index contributed by atoms with van der Waals surface area (Å²) in [6, 6.07) is 5.81. The maximum atomic E-state index is 5.71. The quantitative estimate of drug-likeness (QED) is 0.684. The van der Waals surface area contributed by atoms with E-state index in [1.165, 1.54) is 0 Å². The third-order valence-electron chi connectivity index (χ3n) is 1.92. The minimum Gasteiger partial charge on any atom is -0.454 e. The molecule has 1 aromatic rings. The van der Waals surface area contributed by atoms with Crippen molar-refractivity contribution in [2.24, 2.45) is 5.73 Å². The van der Waals surface area contributed by atoms with Gasteiger partial charge in [-0.3, -0.25) is 0 Å². The number of rotatable bonds is 1. The summed E-state index contributed by atoms with van der Waals surface area (Å²) in [7, 11) is 0. The van der Waals surface area contributed by atoms with Crippen LogP contribution in [0.5, 0.6) is 11.5 Å². The van der Waals surface area contributed by atoms with Gasteiger partial charge < -0.3 is 15.2 Å². The molecule has 3 nitrogen and oxygen atoms in total. The van der Waals surface area contributed by atoms with E-state index in [1.807, 2.05) is 25.1 Å². The molecule has 1 aromatic carbocycles. The van der Waals surface area contributed by atoms with Crippen molar-refractivity contribution in [2.75, 3.05) is 6.79 Å². The van der Waals surface area contributed by atoms with Gasteiger partial charge >= 0.3 is 0 Å². The van der Waals surface area contributed by atoms with Crippen LogP contribution in [0.1, 0.15) is 18.5 Å². The van der Waals surface area contributed by atoms with Gasteiger partial charge in [-0.25, -0.2) is 0 Å². The molecule has 0 unspecified atom stereocenters. The Labute approximate surface area is 71.1 Å². The molecule has 1 aliphatic heterocycles. The highest BCUT2D eigenvalue weighted by Crippen LogP contribution is 2.33. The lowest BCUT2D eigenvalue weighted by Crippen LogP contribution is -2.04. The average molecular weight is 165 g/mol. The Hall–Kier alpha value is -1.22. The van der Waals surface area contributed by atoms with Crippen LogP contribution in [0.4, 0.5) is 0 Å². The standard InChI is InChI=1S/C9H11NO2/c1-6(10)7-2-3-8-9(4-7)12-5-11-8/h2-4,6H,5,10H2,1H3/t6-/m1/s1. The average Bonchev–Trinajstić information content (AvgIpc) is 2.49. The Morgan fingerprint density at radius 3 is 2.83 bits per heavy atom. The maximum absolute atomic E-state index is 5.71. The van der Waals surface area contributed by atoms with E-state index in [2.05, 4.69) is 0 Å². The molecule has 0 amide bonds. The zero-order chi connectivity index (χ0) is 8.55. The van der Waals surface area contributed by atoms with Crippen molar-refractivity contribution >= 4 is 0 Å². The van der Waals surface area contributed by atoms with Crippen molar-refractivity contribution in [3.8, 4) is 11.5 Å². The van der Waals surface area contributed by atoms with Gasteiger partial charge in [0.05, 0.1) is 0 Å². The monoisotopic (exact) mass is 165 g/mol. The fourth-order valence-corrected chi connectivity index (χ4v) is 1.20. The second-order valence-electron chi connectivity index (χ2n) is 2.90. The van der Waals surface area contributed by atoms with Crippen molar-refractivity contribution < 1.29 is 9.47 Å². The summed E-state index contributed by atoms with van der Waals surface area (Å²) in [6.45, 7) is 2.26. The van der Waals surface area contributed by atoms with Gasteiger partial charge in [-0.2, -0.15) is 0 Å². The predicted octanol–water partition coefficient (Wildman–Crippen LogP) is 1.44. The Morgan fingerprint density at radius 2 is 2.08 bits per heavy atom. The molecule has 1 atom stereocenters. The molecule has 0 saturated carbocycles. The second kappa shape index (κ2) is 2.68. The summed E-state index contributed by atoms with van der Waals surface area (Å²) in [4.78, 5) is 0. The Balaban J connectivity index is 2.39. The van der Waals surface area contributed by atoms with E-state index in [1.54, 1.807) is 0 Å². The Kier molecular flexibility index (Phi) is 1.66. The molecule has 2 N–H and O–H groups in total. The van der Waals surface area contributed by atoms with Crippen LogP contribution in [-0.4, -0.2) is 6.79 Å². The highest BCUT2D eigenvalue weighted by Gasteiger charge is 2.13. The Bertz CT molecular complexity index is 297. The number of fused-ring (bicyclic) bond motifs is 1. The van der Waals surface area contributed by atoms with Crippen molar-refractivity contribution in [3.63, 3.8) is 0 Å². The molecule has 0 aliphatic carbocycles. The summed E-state index contributed by atoms with van der Waals surface area (Å²) >= 11 is 0. The topological polar surface area (TPSA) is 44.5 Å². The number of hydrogen-bond acceptors (Lipinski definition) is 3. The first-order valence-electron chi connectivity index (χ1n) is 3.92. The molecule has 2 rings (SSSR count). The smallest absolute Gasteiger partial charge is 0.231 e. The van der Waals surface area contributed by atoms with E-state index in [-0.39, 0.29) is 6.04 Å². The lowest BCUT2D eigenvalue weighted by molar-refractivity contribution is 0.174. The first kappa shape index (κ1) is 7.43. The maximum Gasteiger partial charge on any atom is 0.231 e. The van der Waals surface area contributed by atoms with Gasteiger partial charge in [0.2, 0.25) is 6.79 Å². The molecule has 0 spiro atoms. The van der Waals surface area contributed by atoms with Crippen molar-refractivity contribution in [1.82, 2.24) is 0 Å². The summed E-state index contributed by atoms with van der Waals surface area (Å²) in [6.07, 6.45) is 0. The van der Waals surface area contributed by atoms with Gasteiger partial charge in [0.1, 0.15) is 0 Å². The van der Waals surface area contributed by atoms with Crippen molar-refractivity contribution in [1.29, 1.82) is 0 Å². The third-order valence-corrected chi connectivity index (χ3v) is 1.92. The lowest BCUT2D eigenvalue weighted by Gasteiger charge is -2.05. The van der Waals surface area contributed by atoms with Gasteiger partial charge in [0.25, 0.3) is 0 Å². The highest BCUT2D eigenvalue weighted by molar-refractivity contribution is 5.45. The molecule has 0 aromatic heterocycles. The molecule has 0 saturated heterocycles. The molecular weight excluding hydrogens is 154 g/mol. The highest BCUT2D eigenvalue weighted by atomic mass is 16.7. The van der Waals surface area contributed by atoms with Crippen LogP contribution in [0.2, 0.25) is 0 Å². The number of benzene rings is 1. The van der Waals surface area contributed by atoms with Gasteiger partial charge in [-0.05, 0) is 24.6 Å². The SMILES string of the molecule is C[C@@H](N)c1ccc2c(c1)OCO2. The largest absolute Gasteiger partial charge is 0.454 e. The second-order valence-corrected chi connectivity index (χ2v) is 2.90. The molecule has 3 heteroatoms. The molecule has 0 fully saturated rings. The van der Waals surface area contributed by atoms with E-state index >= 15 is 0 Å². The molecule has 12 heavy (non-hydrogen) atoms. The van der Waals surface area contributed by atoms with Gasteiger partial charge in [0.15, 0.2) is 11.5 Å². The van der Waals surface area contributed by atoms with Crippen molar-refractivity contribution in [2.45, 2.75) is 13.0 Å². The van der Waals surface area contributed by atoms with Crippen LogP contribution in [0.25, 0.3) is 0 Å². The van der Waals surface area contributed by atoms with E-state index in [9.17, 15) is 0 Å². The first-order valence-corrected chi connectivity index (χ1v) is 3.92. The van der Waals surface area contributed by atoms with E-state index < -0.39 is 0 Å². The van der Waals surface area contributed by atoms with Gasteiger partial charge in [-0.1, -0.05) is 6.07 Å². The van der Waals surface area contributed by atoms with Gasteiger partial charge in [-0.15, -0.1) is 0 Å². The van der Waals surface area contributed by atoms with Crippen LogP contribution in [0, 0.1) is 0 Å². The van der Waals surface area contributed by atoms with Gasteiger partial charge in [0, 0.05) is 6.04 Å². The van der Waals surface area contributed by atoms with Crippen LogP contribution < -0.4 is 15.2 Å². The summed E-state index contributed by atoms with van der Waals surface area (Å²) in [5.74, 6) is 1.60. The van der Waals surface area contributed by atoms with E-state index in [4.69, 9.17) is 15.2 Å². The fraction of sp³-hybridized carbons (Fsp3) is 0.333. The van der Waals surface area contributed by atoms with Crippen LogP contribution in [0.15, 0.2) is 18.2 Å². The fourth-order valence-electron chi connectivity index (χ4n) is 1.20. The minimum atomic E-state index is 0.0412. The zero-order valence-electron chi connectivity index (χ0n) is 6.91. The molecule has 1 aliphatic rings. The summed E-state index contributed by atoms with van der Waals surface area (Å²) < 4.78 is 10.4.